The molecule has 0 saturated carbocycles. The molecule has 2 fully saturated rings. The van der Waals surface area contributed by atoms with Gasteiger partial charge in [0.25, 0.3) is 0 Å². The van der Waals surface area contributed by atoms with Crippen LogP contribution in [0.1, 0.15) is 38.2 Å². The van der Waals surface area contributed by atoms with Crippen LogP contribution >= 0.6 is 23.8 Å². The van der Waals surface area contributed by atoms with Gasteiger partial charge in [-0.3, -0.25) is 0 Å². The summed E-state index contributed by atoms with van der Waals surface area (Å²) in [7, 11) is 0. The zero-order valence-corrected chi connectivity index (χ0v) is 19.0. The number of hydrogen-bond donors (Lipinski definition) is 2. The van der Waals surface area contributed by atoms with Gasteiger partial charge in [-0.05, 0) is 61.5 Å². The maximum absolute atomic E-state index is 6.24. The number of nitrogens with zero attached hydrogens (tertiary/aromatic N) is 4. The zero-order chi connectivity index (χ0) is 20.9. The van der Waals surface area contributed by atoms with Gasteiger partial charge in [0.15, 0.2) is 5.11 Å². The average molecular weight is 445 g/mol. The molecule has 160 valence electrons. The van der Waals surface area contributed by atoms with E-state index >= 15 is 0 Å². The highest BCUT2D eigenvalue weighted by atomic mass is 35.5. The number of anilines is 3. The van der Waals surface area contributed by atoms with Crippen molar-refractivity contribution in [1.29, 1.82) is 0 Å². The van der Waals surface area contributed by atoms with E-state index < -0.39 is 0 Å². The summed E-state index contributed by atoms with van der Waals surface area (Å²) >= 11 is 11.7. The minimum atomic E-state index is 0.418. The molecule has 6 nitrogen and oxygen atoms in total. The molecule has 30 heavy (non-hydrogen) atoms. The van der Waals surface area contributed by atoms with Crippen molar-refractivity contribution < 1.29 is 0 Å². The van der Waals surface area contributed by atoms with Gasteiger partial charge in [0.2, 0.25) is 5.95 Å². The Labute approximate surface area is 189 Å². The molecule has 0 radical (unpaired) electrons. The smallest absolute Gasteiger partial charge is 0.232 e. The second-order valence-corrected chi connectivity index (χ2v) is 9.01. The molecule has 0 bridgehead atoms. The number of benzene rings is 1. The summed E-state index contributed by atoms with van der Waals surface area (Å²) in [6, 6.07) is 10.5. The zero-order valence-electron chi connectivity index (χ0n) is 17.4. The van der Waals surface area contributed by atoms with E-state index in [1.807, 2.05) is 6.07 Å². The normalized spacial score (nSPS) is 17.3. The molecule has 2 aromatic rings. The first-order valence-electron chi connectivity index (χ1n) is 10.7. The molecular weight excluding hydrogens is 416 g/mol. The van der Waals surface area contributed by atoms with Gasteiger partial charge in [0.05, 0.1) is 0 Å². The van der Waals surface area contributed by atoms with E-state index in [-0.39, 0.29) is 0 Å². The summed E-state index contributed by atoms with van der Waals surface area (Å²) in [5, 5.41) is 7.21. The van der Waals surface area contributed by atoms with E-state index in [2.05, 4.69) is 61.6 Å². The van der Waals surface area contributed by atoms with Crippen LogP contribution in [0.3, 0.4) is 0 Å². The lowest BCUT2D eigenvalue weighted by molar-refractivity contribution is 0.436. The van der Waals surface area contributed by atoms with Crippen LogP contribution in [-0.2, 0) is 6.54 Å². The number of halogens is 1. The van der Waals surface area contributed by atoms with Gasteiger partial charge < -0.3 is 20.4 Å². The van der Waals surface area contributed by atoms with Crippen LogP contribution in [-0.4, -0.2) is 41.3 Å². The van der Waals surface area contributed by atoms with Crippen LogP contribution in [0.15, 0.2) is 30.3 Å². The van der Waals surface area contributed by atoms with E-state index in [0.717, 1.165) is 37.9 Å². The van der Waals surface area contributed by atoms with E-state index in [1.165, 1.54) is 36.9 Å². The quantitative estimate of drug-likeness (QED) is 0.521. The Hall–Kier alpha value is -2.12. The van der Waals surface area contributed by atoms with Crippen molar-refractivity contribution in [3.63, 3.8) is 0 Å². The van der Waals surface area contributed by atoms with E-state index in [1.54, 1.807) is 0 Å². The van der Waals surface area contributed by atoms with Crippen molar-refractivity contribution in [2.75, 3.05) is 41.3 Å². The lowest BCUT2D eigenvalue weighted by Gasteiger charge is -2.31. The standard InChI is InChI=1S/C22H29ClN6S/c1-16-8-12-29(13-9-16)20-14-19(23)25-21(26-20)27-22(30)24-15-17-4-6-18(7-5-17)28-10-2-3-11-28/h4-7,14,16H,2-3,8-13,15H2,1H3,(H2,24,25,26,27,30). The molecule has 0 atom stereocenters. The van der Waals surface area contributed by atoms with Crippen molar-refractivity contribution in [3.8, 4) is 0 Å². The Balaban J connectivity index is 1.31. The summed E-state index contributed by atoms with van der Waals surface area (Å²) in [5.41, 5.74) is 2.47. The Kier molecular flexibility index (Phi) is 6.89. The van der Waals surface area contributed by atoms with Crippen molar-refractivity contribution in [2.45, 2.75) is 39.2 Å². The molecule has 2 N–H and O–H groups in total. The van der Waals surface area contributed by atoms with Gasteiger partial charge in [-0.1, -0.05) is 30.7 Å². The highest BCUT2D eigenvalue weighted by Crippen LogP contribution is 2.24. The molecule has 1 aromatic heterocycles. The molecule has 0 aliphatic carbocycles. The Bertz CT molecular complexity index is 860. The lowest BCUT2D eigenvalue weighted by atomic mass is 9.99. The van der Waals surface area contributed by atoms with Crippen molar-refractivity contribution >= 4 is 46.4 Å². The molecular formula is C22H29ClN6S. The summed E-state index contributed by atoms with van der Waals surface area (Å²) in [6.07, 6.45) is 4.91. The highest BCUT2D eigenvalue weighted by molar-refractivity contribution is 7.80. The third-order valence-electron chi connectivity index (χ3n) is 5.87. The van der Waals surface area contributed by atoms with Crippen LogP contribution in [0.4, 0.5) is 17.5 Å². The Morgan fingerprint density at radius 1 is 1.07 bits per heavy atom. The Morgan fingerprint density at radius 2 is 1.77 bits per heavy atom. The summed E-state index contributed by atoms with van der Waals surface area (Å²) in [5.74, 6) is 2.04. The van der Waals surface area contributed by atoms with Crippen LogP contribution in [0.25, 0.3) is 0 Å². The Morgan fingerprint density at radius 3 is 2.47 bits per heavy atom. The molecule has 0 unspecified atom stereocenters. The van der Waals surface area contributed by atoms with Gasteiger partial charge in [-0.15, -0.1) is 0 Å². The first-order chi connectivity index (χ1) is 14.6. The second-order valence-electron chi connectivity index (χ2n) is 8.21. The predicted octanol–water partition coefficient (Wildman–Crippen LogP) is 4.45. The molecule has 2 aliphatic heterocycles. The third-order valence-corrected chi connectivity index (χ3v) is 6.31. The maximum atomic E-state index is 6.24. The molecule has 1 aromatic carbocycles. The van der Waals surface area contributed by atoms with E-state index in [4.69, 9.17) is 23.8 Å². The number of hydrogen-bond acceptors (Lipinski definition) is 5. The van der Waals surface area contributed by atoms with Gasteiger partial charge in [-0.25, -0.2) is 4.98 Å². The minimum Gasteiger partial charge on any atom is -0.372 e. The van der Waals surface area contributed by atoms with Crippen LogP contribution in [0.2, 0.25) is 5.15 Å². The fraction of sp³-hybridized carbons (Fsp3) is 0.500. The largest absolute Gasteiger partial charge is 0.372 e. The minimum absolute atomic E-state index is 0.418. The fourth-order valence-electron chi connectivity index (χ4n) is 3.99. The van der Waals surface area contributed by atoms with E-state index in [9.17, 15) is 0 Å². The molecule has 3 heterocycles. The lowest BCUT2D eigenvalue weighted by Crippen LogP contribution is -2.34. The molecule has 4 rings (SSSR count). The molecule has 2 saturated heterocycles. The molecule has 0 amide bonds. The van der Waals surface area contributed by atoms with Crippen LogP contribution < -0.4 is 20.4 Å². The van der Waals surface area contributed by atoms with Gasteiger partial charge >= 0.3 is 0 Å². The SMILES string of the molecule is CC1CCN(c2cc(Cl)nc(NC(=S)NCc3ccc(N4CCCC4)cc3)n2)CC1. The predicted molar refractivity (Wildman–Crippen MR) is 129 cm³/mol. The van der Waals surface area contributed by atoms with Crippen molar-refractivity contribution in [2.24, 2.45) is 5.92 Å². The summed E-state index contributed by atoms with van der Waals surface area (Å²) < 4.78 is 0. The first-order valence-corrected chi connectivity index (χ1v) is 11.5. The van der Waals surface area contributed by atoms with Gasteiger partial charge in [0, 0.05) is 44.5 Å². The van der Waals surface area contributed by atoms with Crippen molar-refractivity contribution in [1.82, 2.24) is 15.3 Å². The number of thiocarbonyl (C=S) groups is 1. The summed E-state index contributed by atoms with van der Waals surface area (Å²) in [6.45, 7) is 7.23. The molecule has 2 aliphatic rings. The van der Waals surface area contributed by atoms with Gasteiger partial charge in [-0.2, -0.15) is 4.98 Å². The molecule has 0 spiro atoms. The topological polar surface area (TPSA) is 56.3 Å². The highest BCUT2D eigenvalue weighted by Gasteiger charge is 2.18. The fourth-order valence-corrected chi connectivity index (χ4v) is 4.33. The number of aromatic nitrogens is 2. The average Bonchev–Trinajstić information content (AvgIpc) is 3.28. The summed E-state index contributed by atoms with van der Waals surface area (Å²) in [4.78, 5) is 13.6. The number of nitrogens with one attached hydrogen (secondary N) is 2. The van der Waals surface area contributed by atoms with Gasteiger partial charge in [0.1, 0.15) is 11.0 Å². The molecule has 8 heteroatoms. The maximum Gasteiger partial charge on any atom is 0.232 e. The number of rotatable bonds is 5. The van der Waals surface area contributed by atoms with Crippen LogP contribution in [0.5, 0.6) is 0 Å². The van der Waals surface area contributed by atoms with Crippen LogP contribution in [0, 0.1) is 5.92 Å². The number of piperidine rings is 1. The van der Waals surface area contributed by atoms with Crippen molar-refractivity contribution in [3.05, 3.63) is 41.0 Å². The van der Waals surface area contributed by atoms with E-state index in [0.29, 0.717) is 22.8 Å². The monoisotopic (exact) mass is 444 g/mol. The third kappa shape index (κ3) is 5.52. The first kappa shape index (κ1) is 21.1. The second kappa shape index (κ2) is 9.79.